The molecule has 0 radical (unpaired) electrons. The first-order valence-electron chi connectivity index (χ1n) is 9.20. The van der Waals surface area contributed by atoms with Gasteiger partial charge in [-0.3, -0.25) is 19.4 Å². The Balaban J connectivity index is 1.88. The van der Waals surface area contributed by atoms with Crippen molar-refractivity contribution >= 4 is 28.8 Å². The van der Waals surface area contributed by atoms with E-state index in [0.29, 0.717) is 29.8 Å². The second-order valence-corrected chi connectivity index (χ2v) is 6.53. The highest BCUT2D eigenvalue weighted by molar-refractivity contribution is 6.10. The van der Waals surface area contributed by atoms with Crippen molar-refractivity contribution in [2.45, 2.75) is 0 Å². The monoisotopic (exact) mass is 407 g/mol. The smallest absolute Gasteiger partial charge is 0.265 e. The molecule has 0 spiro atoms. The largest absolute Gasteiger partial charge is 0.505 e. The number of nitrogens with one attached hydrogen (secondary N) is 1. The van der Waals surface area contributed by atoms with Crippen molar-refractivity contribution < 1.29 is 19.4 Å². The van der Waals surface area contributed by atoms with Gasteiger partial charge in [0.1, 0.15) is 11.1 Å². The van der Waals surface area contributed by atoms with Crippen molar-refractivity contribution in [3.63, 3.8) is 0 Å². The zero-order valence-electron chi connectivity index (χ0n) is 16.6. The number of aromatic nitrogens is 2. The second-order valence-electron chi connectivity index (χ2n) is 6.53. The molecule has 0 saturated carbocycles. The van der Waals surface area contributed by atoms with Crippen molar-refractivity contribution in [1.29, 1.82) is 0 Å². The Labute approximate surface area is 172 Å². The summed E-state index contributed by atoms with van der Waals surface area (Å²) in [5, 5.41) is 13.2. The van der Waals surface area contributed by atoms with E-state index < -0.39 is 17.1 Å². The average molecular weight is 407 g/mol. The number of rotatable bonds is 7. The third-order valence-electron chi connectivity index (χ3n) is 4.54. The molecule has 2 N–H and O–H groups in total. The highest BCUT2D eigenvalue weighted by Gasteiger charge is 2.20. The van der Waals surface area contributed by atoms with Gasteiger partial charge in [0, 0.05) is 32.5 Å². The molecular weight excluding hydrogens is 386 g/mol. The average Bonchev–Trinajstić information content (AvgIpc) is 2.76. The van der Waals surface area contributed by atoms with Crippen molar-refractivity contribution in [3.05, 3.63) is 75.7 Å². The lowest BCUT2D eigenvalue weighted by molar-refractivity contribution is 0.0936. The predicted octanol–water partition coefficient (Wildman–Crippen LogP) is 1.91. The fraction of sp³-hybridized carbons (Fsp3) is 0.182. The number of ether oxygens (including phenoxy) is 1. The van der Waals surface area contributed by atoms with Crippen LogP contribution in [0.5, 0.6) is 5.75 Å². The molecule has 3 rings (SSSR count). The highest BCUT2D eigenvalue weighted by atomic mass is 16.5. The van der Waals surface area contributed by atoms with E-state index in [9.17, 15) is 19.5 Å². The Bertz CT molecular complexity index is 1200. The minimum Gasteiger partial charge on any atom is -0.505 e. The van der Waals surface area contributed by atoms with E-state index >= 15 is 0 Å². The second kappa shape index (κ2) is 9.15. The molecule has 3 aromatic rings. The van der Waals surface area contributed by atoms with E-state index in [1.54, 1.807) is 43.5 Å². The lowest BCUT2D eigenvalue weighted by atomic mass is 10.1. The van der Waals surface area contributed by atoms with Gasteiger partial charge >= 0.3 is 0 Å². The highest BCUT2D eigenvalue weighted by Crippen LogP contribution is 2.24. The van der Waals surface area contributed by atoms with Crippen LogP contribution in [0.2, 0.25) is 0 Å². The van der Waals surface area contributed by atoms with Crippen LogP contribution in [0.3, 0.4) is 0 Å². The van der Waals surface area contributed by atoms with Crippen LogP contribution in [0, 0.1) is 0 Å². The maximum Gasteiger partial charge on any atom is 0.265 e. The van der Waals surface area contributed by atoms with E-state index in [-0.39, 0.29) is 17.0 Å². The molecule has 8 nitrogen and oxygen atoms in total. The normalized spacial score (nSPS) is 11.1. The number of benzene rings is 1. The van der Waals surface area contributed by atoms with Gasteiger partial charge in [-0.05, 0) is 35.9 Å². The van der Waals surface area contributed by atoms with Gasteiger partial charge in [0.2, 0.25) is 0 Å². The van der Waals surface area contributed by atoms with E-state index in [4.69, 9.17) is 4.74 Å². The third-order valence-corrected chi connectivity index (χ3v) is 4.54. The van der Waals surface area contributed by atoms with Gasteiger partial charge in [-0.15, -0.1) is 0 Å². The summed E-state index contributed by atoms with van der Waals surface area (Å²) in [5.74, 6) is -1.37. The molecule has 2 aromatic heterocycles. The summed E-state index contributed by atoms with van der Waals surface area (Å²) in [6.45, 7) is 0.783. The van der Waals surface area contributed by atoms with E-state index in [2.05, 4.69) is 10.3 Å². The number of nitrogens with zero attached hydrogens (tertiary/aromatic N) is 2. The Morgan fingerprint density at radius 3 is 2.83 bits per heavy atom. The standard InChI is InChI=1S/C22H21N3O5/c1-25-16-7-4-10-23-19(16)20(27)18(22(25)29)17(26)9-8-14-5-3-6-15(13-14)21(28)24-11-12-30-2/h3-10,13,27H,11-12H2,1-2H3,(H,24,28)/b9-8+. The summed E-state index contributed by atoms with van der Waals surface area (Å²) < 4.78 is 6.17. The Morgan fingerprint density at radius 1 is 1.27 bits per heavy atom. The molecule has 154 valence electrons. The molecule has 0 aliphatic rings. The first-order chi connectivity index (χ1) is 14.4. The van der Waals surface area contributed by atoms with E-state index in [1.165, 1.54) is 30.0 Å². The van der Waals surface area contributed by atoms with Crippen molar-refractivity contribution in [2.24, 2.45) is 7.05 Å². The zero-order valence-corrected chi connectivity index (χ0v) is 16.6. The molecule has 0 saturated heterocycles. The molecule has 2 heterocycles. The van der Waals surface area contributed by atoms with Crippen LogP contribution in [0.4, 0.5) is 0 Å². The van der Waals surface area contributed by atoms with Crippen molar-refractivity contribution in [3.8, 4) is 5.75 Å². The summed E-state index contributed by atoms with van der Waals surface area (Å²) in [7, 11) is 3.06. The van der Waals surface area contributed by atoms with Crippen LogP contribution >= 0.6 is 0 Å². The number of amides is 1. The summed E-state index contributed by atoms with van der Waals surface area (Å²) in [4.78, 5) is 41.5. The Hall–Kier alpha value is -3.78. The number of methoxy groups -OCH3 is 1. The first-order valence-corrected chi connectivity index (χ1v) is 9.20. The molecule has 0 unspecified atom stereocenters. The number of pyridine rings is 2. The molecular formula is C22H21N3O5. The Kier molecular flexibility index (Phi) is 6.38. The number of hydrogen-bond donors (Lipinski definition) is 2. The number of allylic oxidation sites excluding steroid dienone is 1. The topological polar surface area (TPSA) is 111 Å². The predicted molar refractivity (Wildman–Crippen MR) is 113 cm³/mol. The molecule has 30 heavy (non-hydrogen) atoms. The quantitative estimate of drug-likeness (QED) is 0.352. The summed E-state index contributed by atoms with van der Waals surface area (Å²) in [5.41, 5.74) is 0.647. The SMILES string of the molecule is COCCNC(=O)c1cccc(/C=C/C(=O)c2c(O)c3ncccc3n(C)c2=O)c1. The van der Waals surface area contributed by atoms with Crippen LogP contribution < -0.4 is 10.9 Å². The zero-order chi connectivity index (χ0) is 21.7. The molecule has 0 atom stereocenters. The van der Waals surface area contributed by atoms with Gasteiger partial charge in [0.25, 0.3) is 11.5 Å². The number of carbonyl (C=O) groups excluding carboxylic acids is 2. The Morgan fingerprint density at radius 2 is 2.07 bits per heavy atom. The molecule has 0 aliphatic heterocycles. The van der Waals surface area contributed by atoms with Gasteiger partial charge in [-0.2, -0.15) is 0 Å². The van der Waals surface area contributed by atoms with Gasteiger partial charge in [-0.1, -0.05) is 18.2 Å². The summed E-state index contributed by atoms with van der Waals surface area (Å²) in [6.07, 6.45) is 4.14. The number of fused-ring (bicyclic) bond motifs is 1. The van der Waals surface area contributed by atoms with Crippen molar-refractivity contribution in [1.82, 2.24) is 14.9 Å². The molecule has 0 aliphatic carbocycles. The fourth-order valence-electron chi connectivity index (χ4n) is 2.98. The lowest BCUT2D eigenvalue weighted by Gasteiger charge is -2.09. The molecule has 0 fully saturated rings. The van der Waals surface area contributed by atoms with Crippen LogP contribution in [0.1, 0.15) is 26.3 Å². The minimum atomic E-state index is -0.657. The van der Waals surface area contributed by atoms with Crippen LogP contribution in [0.15, 0.2) is 53.5 Å². The van der Waals surface area contributed by atoms with E-state index in [0.717, 1.165) is 0 Å². The van der Waals surface area contributed by atoms with Crippen LogP contribution in [-0.4, -0.2) is 46.6 Å². The number of aromatic hydroxyl groups is 1. The molecule has 0 bridgehead atoms. The van der Waals surface area contributed by atoms with Gasteiger partial charge in [0.05, 0.1) is 12.1 Å². The fourth-order valence-corrected chi connectivity index (χ4v) is 2.98. The van der Waals surface area contributed by atoms with Gasteiger partial charge in [-0.25, -0.2) is 0 Å². The van der Waals surface area contributed by atoms with Crippen LogP contribution in [0.25, 0.3) is 17.1 Å². The minimum absolute atomic E-state index is 0.172. The first kappa shape index (κ1) is 20.9. The van der Waals surface area contributed by atoms with Gasteiger partial charge < -0.3 is 19.7 Å². The number of carbonyl (C=O) groups is 2. The van der Waals surface area contributed by atoms with Crippen molar-refractivity contribution in [2.75, 3.05) is 20.3 Å². The molecule has 8 heteroatoms. The molecule has 1 aromatic carbocycles. The number of hydrogen-bond acceptors (Lipinski definition) is 6. The third kappa shape index (κ3) is 4.28. The number of aryl methyl sites for hydroxylation is 1. The molecule has 1 amide bonds. The maximum atomic E-state index is 12.7. The summed E-state index contributed by atoms with van der Waals surface area (Å²) >= 11 is 0. The van der Waals surface area contributed by atoms with E-state index in [1.807, 2.05) is 0 Å². The van der Waals surface area contributed by atoms with Gasteiger partial charge in [0.15, 0.2) is 11.5 Å². The number of ketones is 1. The lowest BCUT2D eigenvalue weighted by Crippen LogP contribution is -2.26. The van der Waals surface area contributed by atoms with Crippen LogP contribution in [-0.2, 0) is 11.8 Å². The maximum absolute atomic E-state index is 12.7. The summed E-state index contributed by atoms with van der Waals surface area (Å²) in [6, 6.07) is 9.95.